The number of halogens is 1. The molecule has 4 nitrogen and oxygen atoms in total. The number of aryl methyl sites for hydroxylation is 2. The maximum atomic E-state index is 12.5. The van der Waals surface area contributed by atoms with Gasteiger partial charge in [-0.15, -0.1) is 0 Å². The van der Waals surface area contributed by atoms with Gasteiger partial charge in [-0.2, -0.15) is 5.10 Å². The van der Waals surface area contributed by atoms with Crippen molar-refractivity contribution in [2.24, 2.45) is 12.8 Å². The van der Waals surface area contributed by atoms with Crippen molar-refractivity contribution in [2.75, 3.05) is 6.54 Å². The summed E-state index contributed by atoms with van der Waals surface area (Å²) in [5.41, 5.74) is 8.28. The fourth-order valence-electron chi connectivity index (χ4n) is 2.31. The molecule has 2 rings (SSSR count). The summed E-state index contributed by atoms with van der Waals surface area (Å²) in [5, 5.41) is 4.74. The first kappa shape index (κ1) is 14.8. The molecule has 0 fully saturated rings. The Kier molecular flexibility index (Phi) is 4.57. The smallest absolute Gasteiger partial charge is 0.146 e. The predicted octanol–water partition coefficient (Wildman–Crippen LogP) is 2.24. The third-order valence-electron chi connectivity index (χ3n) is 3.45. The second-order valence-corrected chi connectivity index (χ2v) is 5.18. The standard InChI is InChI=1S/C15H18ClN3O/c1-10-12(15(16)19(2)18-10)8-14(20)13(9-17)11-6-4-3-5-7-11/h3-7,13H,8-9,17H2,1-2H3. The summed E-state index contributed by atoms with van der Waals surface area (Å²) in [6, 6.07) is 9.59. The van der Waals surface area contributed by atoms with E-state index in [0.717, 1.165) is 16.8 Å². The number of carbonyl (C=O) groups is 1. The first-order valence-corrected chi connectivity index (χ1v) is 6.88. The molecule has 1 unspecified atom stereocenters. The molecule has 0 spiro atoms. The summed E-state index contributed by atoms with van der Waals surface area (Å²) in [6.45, 7) is 2.15. The van der Waals surface area contributed by atoms with Crippen LogP contribution in [-0.4, -0.2) is 22.1 Å². The van der Waals surface area contributed by atoms with Gasteiger partial charge in [-0.25, -0.2) is 0 Å². The number of nitrogens with zero attached hydrogens (tertiary/aromatic N) is 2. The van der Waals surface area contributed by atoms with Crippen LogP contribution in [0.1, 0.15) is 22.7 Å². The maximum Gasteiger partial charge on any atom is 0.146 e. The minimum atomic E-state index is -0.299. The number of hydrogen-bond acceptors (Lipinski definition) is 3. The molecule has 20 heavy (non-hydrogen) atoms. The highest BCUT2D eigenvalue weighted by molar-refractivity contribution is 6.30. The van der Waals surface area contributed by atoms with Crippen LogP contribution in [0.4, 0.5) is 0 Å². The fourth-order valence-corrected chi connectivity index (χ4v) is 2.55. The first-order chi connectivity index (χ1) is 9.54. The molecule has 1 atom stereocenters. The molecule has 1 heterocycles. The Bertz CT molecular complexity index is 607. The predicted molar refractivity (Wildman–Crippen MR) is 79.9 cm³/mol. The average molecular weight is 292 g/mol. The molecular formula is C15H18ClN3O. The normalized spacial score (nSPS) is 12.4. The lowest BCUT2D eigenvalue weighted by atomic mass is 9.91. The van der Waals surface area contributed by atoms with Gasteiger partial charge in [-0.1, -0.05) is 41.9 Å². The zero-order chi connectivity index (χ0) is 14.7. The number of benzene rings is 1. The van der Waals surface area contributed by atoms with Crippen LogP contribution in [0.2, 0.25) is 5.15 Å². The van der Waals surface area contributed by atoms with Crippen molar-refractivity contribution in [3.05, 3.63) is 52.3 Å². The van der Waals surface area contributed by atoms with Gasteiger partial charge in [0.2, 0.25) is 0 Å². The lowest BCUT2D eigenvalue weighted by molar-refractivity contribution is -0.119. The van der Waals surface area contributed by atoms with Crippen LogP contribution in [0.15, 0.2) is 30.3 Å². The molecule has 0 amide bonds. The number of aromatic nitrogens is 2. The topological polar surface area (TPSA) is 60.9 Å². The number of Topliss-reactive ketones (excluding diaryl/α,β-unsaturated/α-hetero) is 1. The minimum absolute atomic E-state index is 0.0664. The molecule has 2 aromatic rings. The summed E-state index contributed by atoms with van der Waals surface area (Å²) >= 11 is 6.17. The molecule has 0 aliphatic rings. The fraction of sp³-hybridized carbons (Fsp3) is 0.333. The highest BCUT2D eigenvalue weighted by Gasteiger charge is 2.22. The Morgan fingerprint density at radius 1 is 1.40 bits per heavy atom. The van der Waals surface area contributed by atoms with Crippen LogP contribution in [0.5, 0.6) is 0 Å². The van der Waals surface area contributed by atoms with Crippen LogP contribution in [0.25, 0.3) is 0 Å². The van der Waals surface area contributed by atoms with Crippen molar-refractivity contribution in [3.63, 3.8) is 0 Å². The van der Waals surface area contributed by atoms with E-state index < -0.39 is 0 Å². The van der Waals surface area contributed by atoms with E-state index in [0.29, 0.717) is 11.7 Å². The summed E-state index contributed by atoms with van der Waals surface area (Å²) in [7, 11) is 1.76. The Hall–Kier alpha value is -1.65. The van der Waals surface area contributed by atoms with Gasteiger partial charge >= 0.3 is 0 Å². The Morgan fingerprint density at radius 3 is 2.55 bits per heavy atom. The van der Waals surface area contributed by atoms with Gasteiger partial charge in [0, 0.05) is 25.6 Å². The molecular weight excluding hydrogens is 274 g/mol. The third-order valence-corrected chi connectivity index (χ3v) is 3.92. The molecule has 0 aliphatic carbocycles. The number of hydrogen-bond donors (Lipinski definition) is 1. The van der Waals surface area contributed by atoms with Crippen LogP contribution in [0.3, 0.4) is 0 Å². The van der Waals surface area contributed by atoms with Crippen molar-refractivity contribution in [2.45, 2.75) is 19.3 Å². The maximum absolute atomic E-state index is 12.5. The molecule has 0 saturated carbocycles. The van der Waals surface area contributed by atoms with Crippen LogP contribution < -0.4 is 5.73 Å². The summed E-state index contributed by atoms with van der Waals surface area (Å²) < 4.78 is 1.58. The van der Waals surface area contributed by atoms with Gasteiger partial charge in [-0.3, -0.25) is 9.48 Å². The SMILES string of the molecule is Cc1nn(C)c(Cl)c1CC(=O)C(CN)c1ccccc1. The van der Waals surface area contributed by atoms with Crippen LogP contribution in [-0.2, 0) is 18.3 Å². The van der Waals surface area contributed by atoms with E-state index in [2.05, 4.69) is 5.10 Å². The first-order valence-electron chi connectivity index (χ1n) is 6.50. The molecule has 0 aliphatic heterocycles. The minimum Gasteiger partial charge on any atom is -0.329 e. The summed E-state index contributed by atoms with van der Waals surface area (Å²) in [5.74, 6) is -0.233. The Morgan fingerprint density at radius 2 is 2.05 bits per heavy atom. The van der Waals surface area contributed by atoms with Crippen molar-refractivity contribution in [1.82, 2.24) is 9.78 Å². The van der Waals surface area contributed by atoms with Crippen LogP contribution >= 0.6 is 11.6 Å². The zero-order valence-corrected chi connectivity index (χ0v) is 12.4. The molecule has 0 saturated heterocycles. The second kappa shape index (κ2) is 6.20. The van der Waals surface area contributed by atoms with Gasteiger partial charge in [0.1, 0.15) is 10.9 Å². The molecule has 1 aromatic carbocycles. The molecule has 106 valence electrons. The van der Waals surface area contributed by atoms with Crippen molar-refractivity contribution in [1.29, 1.82) is 0 Å². The second-order valence-electron chi connectivity index (χ2n) is 4.82. The van der Waals surface area contributed by atoms with Gasteiger partial charge in [-0.05, 0) is 12.5 Å². The van der Waals surface area contributed by atoms with Gasteiger partial charge < -0.3 is 5.73 Å². The third kappa shape index (κ3) is 2.92. The number of ketones is 1. The number of rotatable bonds is 5. The molecule has 5 heteroatoms. The molecule has 1 aromatic heterocycles. The average Bonchev–Trinajstić information content (AvgIpc) is 2.67. The Balaban J connectivity index is 2.22. The van der Waals surface area contributed by atoms with E-state index in [1.54, 1.807) is 11.7 Å². The van der Waals surface area contributed by atoms with Gasteiger partial charge in [0.25, 0.3) is 0 Å². The van der Waals surface area contributed by atoms with E-state index in [4.69, 9.17) is 17.3 Å². The van der Waals surface area contributed by atoms with Crippen molar-refractivity contribution >= 4 is 17.4 Å². The lowest BCUT2D eigenvalue weighted by Gasteiger charge is -2.14. The van der Waals surface area contributed by atoms with Gasteiger partial charge in [0.15, 0.2) is 0 Å². The summed E-state index contributed by atoms with van der Waals surface area (Å²) in [6.07, 6.45) is 0.259. The van der Waals surface area contributed by atoms with E-state index in [9.17, 15) is 4.79 Å². The van der Waals surface area contributed by atoms with E-state index >= 15 is 0 Å². The molecule has 2 N–H and O–H groups in total. The Labute approximate surface area is 123 Å². The van der Waals surface area contributed by atoms with Crippen molar-refractivity contribution in [3.8, 4) is 0 Å². The van der Waals surface area contributed by atoms with Crippen molar-refractivity contribution < 1.29 is 4.79 Å². The monoisotopic (exact) mass is 291 g/mol. The number of nitrogens with two attached hydrogens (primary N) is 1. The van der Waals surface area contributed by atoms with E-state index in [1.165, 1.54) is 0 Å². The highest BCUT2D eigenvalue weighted by atomic mass is 35.5. The van der Waals surface area contributed by atoms with E-state index in [-0.39, 0.29) is 18.1 Å². The quantitative estimate of drug-likeness (QED) is 0.919. The van der Waals surface area contributed by atoms with Gasteiger partial charge in [0.05, 0.1) is 11.6 Å². The van der Waals surface area contributed by atoms with E-state index in [1.807, 2.05) is 37.3 Å². The van der Waals surface area contributed by atoms with Crippen LogP contribution in [0, 0.1) is 6.92 Å². The number of carbonyl (C=O) groups excluding carboxylic acids is 1. The summed E-state index contributed by atoms with van der Waals surface area (Å²) in [4.78, 5) is 12.5. The molecule has 0 bridgehead atoms. The lowest BCUT2D eigenvalue weighted by Crippen LogP contribution is -2.23. The molecule has 0 radical (unpaired) electrons. The largest absolute Gasteiger partial charge is 0.329 e. The highest BCUT2D eigenvalue weighted by Crippen LogP contribution is 2.23. The zero-order valence-electron chi connectivity index (χ0n) is 11.6.